The van der Waals surface area contributed by atoms with Crippen molar-refractivity contribution < 1.29 is 13.9 Å². The lowest BCUT2D eigenvalue weighted by Gasteiger charge is -2.59. The predicted octanol–water partition coefficient (Wildman–Crippen LogP) is 5.89. The van der Waals surface area contributed by atoms with Gasteiger partial charge in [-0.25, -0.2) is 0 Å². The van der Waals surface area contributed by atoms with Crippen molar-refractivity contribution in [2.75, 3.05) is 39.4 Å². The number of nitrogens with two attached hydrogens (primary N) is 1. The normalized spacial score (nSPS) is 42.6. The molecule has 0 bridgehead atoms. The quantitative estimate of drug-likeness (QED) is 0.455. The van der Waals surface area contributed by atoms with Crippen molar-refractivity contribution in [3.8, 4) is 0 Å². The molecule has 5 heteroatoms. The van der Waals surface area contributed by atoms with Crippen LogP contribution < -0.4 is 5.73 Å². The first kappa shape index (κ1) is 25.2. The van der Waals surface area contributed by atoms with E-state index in [0.29, 0.717) is 30.6 Å². The van der Waals surface area contributed by atoms with Gasteiger partial charge in [-0.1, -0.05) is 25.5 Å². The van der Waals surface area contributed by atoms with E-state index in [-0.39, 0.29) is 11.0 Å². The summed E-state index contributed by atoms with van der Waals surface area (Å²) in [6, 6.07) is 2.14. The van der Waals surface area contributed by atoms with Crippen LogP contribution in [0.15, 0.2) is 34.7 Å². The summed E-state index contributed by atoms with van der Waals surface area (Å²) in [6.45, 7) is 10.8. The van der Waals surface area contributed by atoms with Gasteiger partial charge in [0.1, 0.15) is 5.60 Å². The summed E-state index contributed by atoms with van der Waals surface area (Å²) in [6.07, 6.45) is 19.3. The minimum absolute atomic E-state index is 0.130. The fourth-order valence-electron chi connectivity index (χ4n) is 9.64. The van der Waals surface area contributed by atoms with Crippen LogP contribution in [0, 0.1) is 28.6 Å². The number of hydrogen-bond acceptors (Lipinski definition) is 5. The molecule has 1 aliphatic heterocycles. The third kappa shape index (κ3) is 3.95. The first-order chi connectivity index (χ1) is 17.5. The lowest BCUT2D eigenvalue weighted by molar-refractivity contribution is -0.162. The topological polar surface area (TPSA) is 60.9 Å². The molecule has 3 saturated carbocycles. The van der Waals surface area contributed by atoms with E-state index in [1.54, 1.807) is 5.57 Å². The van der Waals surface area contributed by atoms with Crippen molar-refractivity contribution in [2.45, 2.75) is 89.8 Å². The number of hydrogen-bond donors (Lipinski definition) is 1. The Kier molecular flexibility index (Phi) is 6.90. The van der Waals surface area contributed by atoms with E-state index in [4.69, 9.17) is 19.6 Å². The molecule has 6 rings (SSSR count). The second-order valence-electron chi connectivity index (χ2n) is 13.0. The molecule has 200 valence electrons. The zero-order chi connectivity index (χ0) is 24.8. The highest BCUT2D eigenvalue weighted by Crippen LogP contribution is 2.70. The van der Waals surface area contributed by atoms with Gasteiger partial charge in [0.2, 0.25) is 0 Å². The lowest BCUT2D eigenvalue weighted by atomic mass is 9.46. The van der Waals surface area contributed by atoms with E-state index in [1.807, 2.05) is 12.5 Å². The monoisotopic (exact) mass is 496 g/mol. The molecule has 2 heterocycles. The summed E-state index contributed by atoms with van der Waals surface area (Å²) < 4.78 is 18.8. The van der Waals surface area contributed by atoms with Gasteiger partial charge in [0.15, 0.2) is 0 Å². The minimum atomic E-state index is -0.263. The first-order valence-electron chi connectivity index (χ1n) is 14.9. The summed E-state index contributed by atoms with van der Waals surface area (Å²) in [5.41, 5.74) is 9.08. The molecule has 5 nitrogen and oxygen atoms in total. The molecule has 5 aliphatic rings. The van der Waals surface area contributed by atoms with E-state index in [1.165, 1.54) is 70.0 Å². The maximum absolute atomic E-state index is 6.74. The van der Waals surface area contributed by atoms with Crippen LogP contribution in [0.2, 0.25) is 0 Å². The molecule has 1 aromatic heterocycles. The largest absolute Gasteiger partial charge is 0.472 e. The number of furan rings is 1. The molecule has 0 aromatic carbocycles. The average Bonchev–Trinajstić information content (AvgIpc) is 3.64. The fourth-order valence-corrected chi connectivity index (χ4v) is 9.64. The molecule has 4 aliphatic carbocycles. The number of likely N-dealkylation sites (tertiary alicyclic amines) is 1. The Labute approximate surface area is 218 Å². The molecule has 36 heavy (non-hydrogen) atoms. The second kappa shape index (κ2) is 9.87. The van der Waals surface area contributed by atoms with Crippen molar-refractivity contribution in [3.63, 3.8) is 0 Å². The smallest absolute Gasteiger partial charge is 0.102 e. The molecule has 0 spiro atoms. The van der Waals surface area contributed by atoms with Crippen LogP contribution in [0.1, 0.15) is 83.6 Å². The van der Waals surface area contributed by atoms with Crippen LogP contribution in [0.25, 0.3) is 0 Å². The van der Waals surface area contributed by atoms with Crippen molar-refractivity contribution in [1.29, 1.82) is 0 Å². The van der Waals surface area contributed by atoms with Gasteiger partial charge in [-0.05, 0) is 107 Å². The Morgan fingerprint density at radius 1 is 1.06 bits per heavy atom. The highest BCUT2D eigenvalue weighted by atomic mass is 16.5. The van der Waals surface area contributed by atoms with Gasteiger partial charge in [0.25, 0.3) is 0 Å². The number of fused-ring (bicyclic) bond motifs is 5. The van der Waals surface area contributed by atoms with Crippen LogP contribution in [0.5, 0.6) is 0 Å². The molecule has 1 saturated heterocycles. The molecule has 4 fully saturated rings. The lowest BCUT2D eigenvalue weighted by Crippen LogP contribution is -2.54. The molecule has 2 unspecified atom stereocenters. The van der Waals surface area contributed by atoms with Gasteiger partial charge in [-0.3, -0.25) is 0 Å². The van der Waals surface area contributed by atoms with Crippen LogP contribution in [0.4, 0.5) is 0 Å². The minimum Gasteiger partial charge on any atom is -0.472 e. The van der Waals surface area contributed by atoms with E-state index in [9.17, 15) is 0 Å². The highest BCUT2D eigenvalue weighted by molar-refractivity contribution is 5.30. The molecule has 2 N–H and O–H groups in total. The van der Waals surface area contributed by atoms with Crippen LogP contribution in [-0.4, -0.2) is 50.4 Å². The summed E-state index contributed by atoms with van der Waals surface area (Å²) in [5, 5.41) is 0. The Morgan fingerprint density at radius 2 is 1.89 bits per heavy atom. The molecule has 0 amide bonds. The summed E-state index contributed by atoms with van der Waals surface area (Å²) >= 11 is 0. The van der Waals surface area contributed by atoms with Crippen LogP contribution in [-0.2, 0) is 15.1 Å². The summed E-state index contributed by atoms with van der Waals surface area (Å²) in [5.74, 6) is 2.23. The van der Waals surface area contributed by atoms with E-state index < -0.39 is 0 Å². The van der Waals surface area contributed by atoms with Crippen LogP contribution in [0.3, 0.4) is 0 Å². The average molecular weight is 497 g/mol. The number of rotatable bonds is 8. The Bertz CT molecular complexity index is 924. The maximum atomic E-state index is 6.74. The third-order valence-corrected chi connectivity index (χ3v) is 11.6. The number of ether oxygens (including phenoxy) is 2. The van der Waals surface area contributed by atoms with Gasteiger partial charge < -0.3 is 24.5 Å². The van der Waals surface area contributed by atoms with Gasteiger partial charge in [0, 0.05) is 24.1 Å². The van der Waals surface area contributed by atoms with Gasteiger partial charge >= 0.3 is 0 Å². The van der Waals surface area contributed by atoms with Crippen molar-refractivity contribution in [3.05, 3.63) is 35.8 Å². The van der Waals surface area contributed by atoms with Crippen molar-refractivity contribution in [2.24, 2.45) is 34.3 Å². The third-order valence-electron chi connectivity index (χ3n) is 11.6. The zero-order valence-corrected chi connectivity index (χ0v) is 22.7. The molecular formula is C31H48N2O3. The van der Waals surface area contributed by atoms with Gasteiger partial charge in [-0.15, -0.1) is 0 Å². The molecule has 7 atom stereocenters. The number of nitrogens with zero attached hydrogens (tertiary/aromatic N) is 1. The Morgan fingerprint density at radius 3 is 2.67 bits per heavy atom. The predicted molar refractivity (Wildman–Crippen MR) is 143 cm³/mol. The van der Waals surface area contributed by atoms with Crippen LogP contribution >= 0.6 is 0 Å². The summed E-state index contributed by atoms with van der Waals surface area (Å²) in [7, 11) is 0. The van der Waals surface area contributed by atoms with Crippen molar-refractivity contribution in [1.82, 2.24) is 4.90 Å². The van der Waals surface area contributed by atoms with Gasteiger partial charge in [-0.2, -0.15) is 0 Å². The maximum Gasteiger partial charge on any atom is 0.102 e. The SMILES string of the molecule is C[C@]12CCC(OCCN3CCCC3)CC1=CC[C@@H]1[C@H]2CC[C@@]2(C)[C@H]1CCC2(OCCN)c1ccoc1. The van der Waals surface area contributed by atoms with Crippen molar-refractivity contribution >= 4 is 0 Å². The molecular weight excluding hydrogens is 448 g/mol. The highest BCUT2D eigenvalue weighted by Gasteiger charge is 2.65. The Balaban J connectivity index is 1.18. The fraction of sp³-hybridized carbons (Fsp3) is 0.806. The summed E-state index contributed by atoms with van der Waals surface area (Å²) in [4.78, 5) is 2.57. The second-order valence-corrected chi connectivity index (χ2v) is 13.0. The first-order valence-corrected chi connectivity index (χ1v) is 14.9. The standard InChI is InChI=1S/C31H48N2O3/c1-29-11-7-25(35-20-17-33-15-3-4-16-33)21-23(29)5-6-26-27(29)8-12-30(2)28(26)9-13-31(30,36-19-14-32)24-10-18-34-22-24/h5,10,18,22,25-28H,3-4,6-9,11-17,19-21,32H2,1-2H3/t25?,26-,27-,28+,29+,30+,31?/m1/s1. The molecule has 0 radical (unpaired) electrons. The van der Waals surface area contributed by atoms with Gasteiger partial charge in [0.05, 0.1) is 31.8 Å². The van der Waals surface area contributed by atoms with E-state index in [0.717, 1.165) is 37.8 Å². The Hall–Kier alpha value is -1.14. The number of allylic oxidation sites excluding steroid dienone is 1. The van der Waals surface area contributed by atoms with E-state index >= 15 is 0 Å². The molecule has 1 aromatic rings. The zero-order valence-electron chi connectivity index (χ0n) is 22.7. The van der Waals surface area contributed by atoms with E-state index in [2.05, 4.69) is 30.9 Å².